The molecule has 6 rings (SSSR count). The number of carbonyl (C=O) groups excluding carboxylic acids is 1. The molecule has 0 radical (unpaired) electrons. The Labute approximate surface area is 221 Å². The molecule has 6 nitrogen and oxygen atoms in total. The number of rotatable bonds is 7. The molecule has 1 aliphatic heterocycles. The number of piperidine rings is 1. The Morgan fingerprint density at radius 2 is 1.58 bits per heavy atom. The van der Waals surface area contributed by atoms with Crippen molar-refractivity contribution in [2.24, 2.45) is 0 Å². The highest BCUT2D eigenvalue weighted by atomic mass is 16.2. The molecule has 1 aromatic heterocycles. The van der Waals surface area contributed by atoms with Gasteiger partial charge < -0.3 is 15.2 Å². The van der Waals surface area contributed by atoms with Gasteiger partial charge in [-0.2, -0.15) is 0 Å². The van der Waals surface area contributed by atoms with E-state index in [1.54, 1.807) is 0 Å². The molecule has 5 aromatic rings. The maximum absolute atomic E-state index is 13.3. The molecular formula is C32H32N4O2. The molecule has 1 atom stereocenters. The number of aromatic amines is 1. The summed E-state index contributed by atoms with van der Waals surface area (Å²) >= 11 is 0. The summed E-state index contributed by atoms with van der Waals surface area (Å²) < 4.78 is 1.93. The van der Waals surface area contributed by atoms with Crippen LogP contribution in [0.25, 0.3) is 21.8 Å². The highest BCUT2D eigenvalue weighted by Crippen LogP contribution is 2.25. The van der Waals surface area contributed by atoms with Crippen molar-refractivity contribution in [3.05, 3.63) is 119 Å². The highest BCUT2D eigenvalue weighted by Gasteiger charge is 2.26. The third-order valence-corrected chi connectivity index (χ3v) is 7.70. The summed E-state index contributed by atoms with van der Waals surface area (Å²) in [6.45, 7) is 2.53. The van der Waals surface area contributed by atoms with E-state index in [1.807, 2.05) is 83.4 Å². The second-order valence-corrected chi connectivity index (χ2v) is 10.3. The van der Waals surface area contributed by atoms with E-state index in [4.69, 9.17) is 0 Å². The van der Waals surface area contributed by atoms with Gasteiger partial charge in [-0.3, -0.25) is 9.36 Å². The van der Waals surface area contributed by atoms with Gasteiger partial charge in [0.2, 0.25) is 0 Å². The molecule has 1 amide bonds. The van der Waals surface area contributed by atoms with Crippen molar-refractivity contribution in [1.29, 1.82) is 0 Å². The zero-order valence-electron chi connectivity index (χ0n) is 21.3. The molecule has 1 saturated heterocycles. The molecule has 192 valence electrons. The van der Waals surface area contributed by atoms with Gasteiger partial charge >= 0.3 is 5.69 Å². The molecule has 0 unspecified atom stereocenters. The van der Waals surface area contributed by atoms with Gasteiger partial charge in [-0.15, -0.1) is 0 Å². The minimum Gasteiger partial charge on any atom is -0.348 e. The Morgan fingerprint density at radius 3 is 2.39 bits per heavy atom. The average Bonchev–Trinajstić information content (AvgIpc) is 3.29. The van der Waals surface area contributed by atoms with Crippen LogP contribution >= 0.6 is 0 Å². The predicted molar refractivity (Wildman–Crippen MR) is 153 cm³/mol. The normalized spacial score (nSPS) is 15.6. The third kappa shape index (κ3) is 5.13. The van der Waals surface area contributed by atoms with Crippen LogP contribution in [0.2, 0.25) is 0 Å². The zero-order valence-corrected chi connectivity index (χ0v) is 21.3. The molecule has 0 aliphatic carbocycles. The minimum absolute atomic E-state index is 0.0243. The lowest BCUT2D eigenvalue weighted by atomic mass is 10.0. The molecule has 6 heteroatoms. The van der Waals surface area contributed by atoms with Gasteiger partial charge in [-0.1, -0.05) is 72.8 Å². The van der Waals surface area contributed by atoms with E-state index in [0.29, 0.717) is 5.56 Å². The minimum atomic E-state index is -0.0445. The summed E-state index contributed by atoms with van der Waals surface area (Å²) in [5.41, 5.74) is 3.71. The standard InChI is InChI=1S/C32H32N4O2/c37-31(26-15-14-24-10-4-5-11-25(24)21-26)33-27(20-23-8-2-1-3-9-23)22-35-18-16-28(17-19-35)36-30-13-7-6-12-29(30)34-32(36)38/h1-15,21,27-28H,16-20,22H2,(H,33,37)(H,34,38)/t27-/m0/s1. The van der Waals surface area contributed by atoms with Gasteiger partial charge in [0.15, 0.2) is 0 Å². The van der Waals surface area contributed by atoms with Crippen molar-refractivity contribution < 1.29 is 4.79 Å². The number of H-pyrrole nitrogens is 1. The number of aromatic nitrogens is 2. The first-order valence-corrected chi connectivity index (χ1v) is 13.4. The maximum Gasteiger partial charge on any atom is 0.326 e. The van der Waals surface area contributed by atoms with Crippen molar-refractivity contribution in [2.75, 3.05) is 19.6 Å². The predicted octanol–water partition coefficient (Wildman–Crippen LogP) is 5.16. The van der Waals surface area contributed by atoms with E-state index in [2.05, 4.69) is 33.4 Å². The van der Waals surface area contributed by atoms with Crippen LogP contribution in [0.3, 0.4) is 0 Å². The van der Waals surface area contributed by atoms with Crippen LogP contribution in [0.15, 0.2) is 102 Å². The Hall–Kier alpha value is -4.16. The Balaban J connectivity index is 1.16. The fourth-order valence-corrected chi connectivity index (χ4v) is 5.77. The smallest absolute Gasteiger partial charge is 0.326 e. The molecule has 2 N–H and O–H groups in total. The number of nitrogens with one attached hydrogen (secondary N) is 2. The summed E-state index contributed by atoms with van der Waals surface area (Å²) in [6.07, 6.45) is 2.57. The summed E-state index contributed by atoms with van der Waals surface area (Å²) in [7, 11) is 0. The number of para-hydroxylation sites is 2. The Bertz CT molecular complexity index is 1610. The first-order chi connectivity index (χ1) is 18.6. The molecule has 1 fully saturated rings. The molecule has 0 spiro atoms. The lowest BCUT2D eigenvalue weighted by Crippen LogP contribution is -2.47. The molecule has 2 heterocycles. The largest absolute Gasteiger partial charge is 0.348 e. The summed E-state index contributed by atoms with van der Waals surface area (Å²) in [4.78, 5) is 31.4. The van der Waals surface area contributed by atoms with Crippen molar-refractivity contribution >= 4 is 27.7 Å². The van der Waals surface area contributed by atoms with Gasteiger partial charge in [-0.05, 0) is 59.9 Å². The SMILES string of the molecule is O=C(N[C@@H](Cc1ccccc1)CN1CCC(n2c(=O)[nH]c3ccccc32)CC1)c1ccc2ccccc2c1. The quantitative estimate of drug-likeness (QED) is 0.322. The van der Waals surface area contributed by atoms with Gasteiger partial charge in [0.1, 0.15) is 0 Å². The number of imidazole rings is 1. The highest BCUT2D eigenvalue weighted by molar-refractivity contribution is 5.98. The van der Waals surface area contributed by atoms with Crippen molar-refractivity contribution in [3.8, 4) is 0 Å². The number of benzene rings is 4. The maximum atomic E-state index is 13.3. The molecule has 0 saturated carbocycles. The van der Waals surface area contributed by atoms with E-state index in [-0.39, 0.29) is 23.7 Å². The zero-order chi connectivity index (χ0) is 25.9. The van der Waals surface area contributed by atoms with Crippen LogP contribution in [0.1, 0.15) is 34.8 Å². The number of amides is 1. The van der Waals surface area contributed by atoms with Crippen LogP contribution in [0.5, 0.6) is 0 Å². The third-order valence-electron chi connectivity index (χ3n) is 7.70. The summed E-state index contributed by atoms with van der Waals surface area (Å²) in [5.74, 6) is -0.0445. The average molecular weight is 505 g/mol. The molecule has 4 aromatic carbocycles. The first-order valence-electron chi connectivity index (χ1n) is 13.4. The van der Waals surface area contributed by atoms with E-state index >= 15 is 0 Å². The van der Waals surface area contributed by atoms with E-state index < -0.39 is 0 Å². The molecule has 38 heavy (non-hydrogen) atoms. The lowest BCUT2D eigenvalue weighted by molar-refractivity contribution is 0.0915. The van der Waals surface area contributed by atoms with Crippen LogP contribution in [-0.2, 0) is 6.42 Å². The van der Waals surface area contributed by atoms with E-state index in [1.165, 1.54) is 5.56 Å². The van der Waals surface area contributed by atoms with Gasteiger partial charge in [0.05, 0.1) is 11.0 Å². The number of hydrogen-bond donors (Lipinski definition) is 2. The first kappa shape index (κ1) is 24.2. The number of likely N-dealkylation sites (tertiary alicyclic amines) is 1. The lowest BCUT2D eigenvalue weighted by Gasteiger charge is -2.35. The van der Waals surface area contributed by atoms with Crippen LogP contribution < -0.4 is 11.0 Å². The topological polar surface area (TPSA) is 70.1 Å². The van der Waals surface area contributed by atoms with Crippen LogP contribution in [0.4, 0.5) is 0 Å². The molecular weight excluding hydrogens is 472 g/mol. The van der Waals surface area contributed by atoms with Gasteiger partial charge in [0, 0.05) is 37.3 Å². The van der Waals surface area contributed by atoms with Crippen molar-refractivity contribution in [1.82, 2.24) is 19.8 Å². The monoisotopic (exact) mass is 504 g/mol. The summed E-state index contributed by atoms with van der Waals surface area (Å²) in [5, 5.41) is 5.52. The fourth-order valence-electron chi connectivity index (χ4n) is 5.77. The second kappa shape index (κ2) is 10.7. The molecule has 1 aliphatic rings. The Kier molecular flexibility index (Phi) is 6.80. The number of nitrogens with zero attached hydrogens (tertiary/aromatic N) is 2. The van der Waals surface area contributed by atoms with Crippen LogP contribution in [0, 0.1) is 0 Å². The van der Waals surface area contributed by atoms with Crippen molar-refractivity contribution in [3.63, 3.8) is 0 Å². The fraction of sp³-hybridized carbons (Fsp3) is 0.250. The second-order valence-electron chi connectivity index (χ2n) is 10.3. The molecule has 0 bridgehead atoms. The summed E-state index contributed by atoms with van der Waals surface area (Å²) in [6, 6.07) is 32.4. The number of fused-ring (bicyclic) bond motifs is 2. The Morgan fingerprint density at radius 1 is 0.868 bits per heavy atom. The number of carbonyl (C=O) groups is 1. The van der Waals surface area contributed by atoms with Gasteiger partial charge in [-0.25, -0.2) is 4.79 Å². The van der Waals surface area contributed by atoms with Gasteiger partial charge in [0.25, 0.3) is 5.91 Å². The van der Waals surface area contributed by atoms with Crippen LogP contribution in [-0.4, -0.2) is 46.0 Å². The number of hydrogen-bond acceptors (Lipinski definition) is 3. The van der Waals surface area contributed by atoms with E-state index in [0.717, 1.165) is 60.7 Å². The van der Waals surface area contributed by atoms with E-state index in [9.17, 15) is 9.59 Å². The van der Waals surface area contributed by atoms with Crippen molar-refractivity contribution in [2.45, 2.75) is 31.3 Å².